The Labute approximate surface area is 249 Å². The van der Waals surface area contributed by atoms with E-state index in [2.05, 4.69) is 4.90 Å². The minimum Gasteiger partial charge on any atom is -0.467 e. The maximum Gasteiger partial charge on any atom is 0.333 e. The summed E-state index contributed by atoms with van der Waals surface area (Å²) in [5.41, 5.74) is 2.20. The number of nitro groups is 1. The van der Waals surface area contributed by atoms with E-state index in [0.29, 0.717) is 5.57 Å². The van der Waals surface area contributed by atoms with Crippen molar-refractivity contribution in [3.05, 3.63) is 154 Å². The molecule has 1 saturated heterocycles. The molecule has 4 aromatic carbocycles. The van der Waals surface area contributed by atoms with Gasteiger partial charge in [-0.25, -0.2) is 9.59 Å². The van der Waals surface area contributed by atoms with Gasteiger partial charge in [-0.2, -0.15) is 0 Å². The van der Waals surface area contributed by atoms with Crippen molar-refractivity contribution >= 4 is 23.3 Å². The van der Waals surface area contributed by atoms with Gasteiger partial charge in [0, 0.05) is 41.1 Å². The molecule has 0 saturated carbocycles. The Morgan fingerprint density at radius 1 is 0.744 bits per heavy atom. The zero-order valence-corrected chi connectivity index (χ0v) is 23.7. The molecule has 43 heavy (non-hydrogen) atoms. The van der Waals surface area contributed by atoms with Crippen molar-refractivity contribution in [2.45, 2.75) is 23.4 Å². The predicted molar refractivity (Wildman–Crippen MR) is 161 cm³/mol. The molecule has 0 unspecified atom stereocenters. The number of non-ortho nitro benzene ring substituents is 1. The number of anilines is 1. The summed E-state index contributed by atoms with van der Waals surface area (Å²) in [6.45, 7) is 0. The summed E-state index contributed by atoms with van der Waals surface area (Å²) in [4.78, 5) is 41.4. The SMILES string of the molecule is COC(=O)C1=C[C@H](c2ccccc2)[C@]2(C(=O)OC)[C@H]1[C@@H](c1ccccc1)[C@@H](c1ccc([N+](=O)[O-])cc1)N2c1ccccc1. The van der Waals surface area contributed by atoms with E-state index in [1.165, 1.54) is 26.4 Å². The molecule has 1 aliphatic heterocycles. The summed E-state index contributed by atoms with van der Waals surface area (Å²) in [6.07, 6.45) is 1.86. The number of para-hydroxylation sites is 1. The Morgan fingerprint density at radius 2 is 1.30 bits per heavy atom. The van der Waals surface area contributed by atoms with E-state index in [1.54, 1.807) is 12.1 Å². The summed E-state index contributed by atoms with van der Waals surface area (Å²) in [5, 5.41) is 11.6. The minimum absolute atomic E-state index is 0.0375. The van der Waals surface area contributed by atoms with Crippen LogP contribution in [0, 0.1) is 16.0 Å². The standard InChI is InChI=1S/C35H30N2O6/c1-42-33(38)28-22-29(23-12-6-3-7-13-23)35(34(39)43-2)31(28)30(24-14-8-4-9-15-24)32(36(35)26-16-10-5-11-17-26)25-18-20-27(21-19-25)37(40)41/h3-22,29-32H,1-2H3/t29-,30-,31-,32-,35-/m1/s1. The fourth-order valence-corrected chi connectivity index (χ4v) is 7.18. The highest BCUT2D eigenvalue weighted by Gasteiger charge is 2.71. The molecule has 1 fully saturated rings. The second kappa shape index (κ2) is 11.2. The maximum absolute atomic E-state index is 14.6. The van der Waals surface area contributed by atoms with E-state index in [4.69, 9.17) is 9.47 Å². The summed E-state index contributed by atoms with van der Waals surface area (Å²) < 4.78 is 11.0. The number of benzene rings is 4. The lowest BCUT2D eigenvalue weighted by Gasteiger charge is -2.44. The Balaban J connectivity index is 1.73. The van der Waals surface area contributed by atoms with Crippen molar-refractivity contribution < 1.29 is 24.0 Å². The topological polar surface area (TPSA) is 99.0 Å². The molecule has 0 aromatic heterocycles. The van der Waals surface area contributed by atoms with E-state index in [9.17, 15) is 19.7 Å². The molecular weight excluding hydrogens is 544 g/mol. The number of rotatable bonds is 7. The number of methoxy groups -OCH3 is 2. The van der Waals surface area contributed by atoms with Gasteiger partial charge in [0.1, 0.15) is 0 Å². The summed E-state index contributed by atoms with van der Waals surface area (Å²) >= 11 is 0. The fraction of sp³-hybridized carbons (Fsp3) is 0.200. The van der Waals surface area contributed by atoms with E-state index in [1.807, 2.05) is 97.1 Å². The van der Waals surface area contributed by atoms with Crippen LogP contribution >= 0.6 is 0 Å². The average molecular weight is 575 g/mol. The normalized spacial score (nSPS) is 24.1. The fourth-order valence-electron chi connectivity index (χ4n) is 7.18. The first-order chi connectivity index (χ1) is 20.9. The molecular formula is C35H30N2O6. The molecule has 216 valence electrons. The van der Waals surface area contributed by atoms with Gasteiger partial charge in [-0.15, -0.1) is 0 Å². The van der Waals surface area contributed by atoms with Crippen LogP contribution < -0.4 is 4.90 Å². The van der Waals surface area contributed by atoms with Crippen LogP contribution in [-0.4, -0.2) is 36.6 Å². The van der Waals surface area contributed by atoms with Gasteiger partial charge in [0.15, 0.2) is 5.54 Å². The highest BCUT2D eigenvalue weighted by Crippen LogP contribution is 2.66. The number of carbonyl (C=O) groups is 2. The van der Waals surface area contributed by atoms with Crippen LogP contribution in [0.2, 0.25) is 0 Å². The van der Waals surface area contributed by atoms with Crippen LogP contribution in [0.25, 0.3) is 0 Å². The largest absolute Gasteiger partial charge is 0.467 e. The van der Waals surface area contributed by atoms with Gasteiger partial charge in [0.25, 0.3) is 5.69 Å². The third-order valence-corrected chi connectivity index (χ3v) is 8.76. The molecule has 6 rings (SSSR count). The number of nitrogens with zero attached hydrogens (tertiary/aromatic N) is 2. The number of ether oxygens (including phenoxy) is 2. The average Bonchev–Trinajstić information content (AvgIpc) is 3.57. The lowest BCUT2D eigenvalue weighted by Crippen LogP contribution is -2.58. The first kappa shape index (κ1) is 27.9. The van der Waals surface area contributed by atoms with Crippen LogP contribution in [0.15, 0.2) is 127 Å². The second-order valence-electron chi connectivity index (χ2n) is 10.7. The van der Waals surface area contributed by atoms with Crippen molar-refractivity contribution in [3.63, 3.8) is 0 Å². The van der Waals surface area contributed by atoms with Crippen molar-refractivity contribution in [2.24, 2.45) is 5.92 Å². The minimum atomic E-state index is -1.41. The van der Waals surface area contributed by atoms with Crippen molar-refractivity contribution in [1.29, 1.82) is 0 Å². The number of esters is 2. The van der Waals surface area contributed by atoms with Crippen molar-refractivity contribution in [3.8, 4) is 0 Å². The van der Waals surface area contributed by atoms with Crippen molar-refractivity contribution in [2.75, 3.05) is 19.1 Å². The van der Waals surface area contributed by atoms with Gasteiger partial charge in [0.2, 0.25) is 0 Å². The van der Waals surface area contributed by atoms with E-state index in [0.717, 1.165) is 22.4 Å². The molecule has 0 amide bonds. The van der Waals surface area contributed by atoms with Gasteiger partial charge in [0.05, 0.1) is 25.2 Å². The lowest BCUT2D eigenvalue weighted by molar-refractivity contribution is -0.384. The molecule has 0 N–H and O–H groups in total. The van der Waals surface area contributed by atoms with Crippen LogP contribution in [0.5, 0.6) is 0 Å². The molecule has 8 heteroatoms. The monoisotopic (exact) mass is 574 g/mol. The van der Waals surface area contributed by atoms with Crippen LogP contribution in [-0.2, 0) is 19.1 Å². The lowest BCUT2D eigenvalue weighted by atomic mass is 9.70. The summed E-state index contributed by atoms with van der Waals surface area (Å²) in [6, 6.07) is 34.9. The third-order valence-electron chi connectivity index (χ3n) is 8.76. The molecule has 1 aliphatic carbocycles. The van der Waals surface area contributed by atoms with E-state index < -0.39 is 46.2 Å². The summed E-state index contributed by atoms with van der Waals surface area (Å²) in [5.74, 6) is -2.73. The zero-order chi connectivity index (χ0) is 30.1. The third kappa shape index (κ3) is 4.37. The predicted octanol–water partition coefficient (Wildman–Crippen LogP) is 6.36. The van der Waals surface area contributed by atoms with Crippen LogP contribution in [0.4, 0.5) is 11.4 Å². The van der Waals surface area contributed by atoms with Gasteiger partial charge < -0.3 is 14.4 Å². The Bertz CT molecular complexity index is 1670. The molecule has 0 spiro atoms. The molecule has 1 heterocycles. The maximum atomic E-state index is 14.6. The van der Waals surface area contributed by atoms with Gasteiger partial charge >= 0.3 is 11.9 Å². The first-order valence-electron chi connectivity index (χ1n) is 14.0. The number of nitro benzene ring substituents is 1. The molecule has 0 bridgehead atoms. The number of carbonyl (C=O) groups excluding carboxylic acids is 2. The molecule has 0 radical (unpaired) electrons. The molecule has 5 atom stereocenters. The molecule has 4 aromatic rings. The van der Waals surface area contributed by atoms with Crippen molar-refractivity contribution in [1.82, 2.24) is 0 Å². The number of hydrogen-bond acceptors (Lipinski definition) is 7. The number of fused-ring (bicyclic) bond motifs is 1. The van der Waals surface area contributed by atoms with Gasteiger partial charge in [-0.3, -0.25) is 10.1 Å². The molecule has 2 aliphatic rings. The van der Waals surface area contributed by atoms with Crippen LogP contribution in [0.1, 0.15) is 34.6 Å². The summed E-state index contributed by atoms with van der Waals surface area (Å²) in [7, 11) is 2.71. The molecule has 8 nitrogen and oxygen atoms in total. The van der Waals surface area contributed by atoms with E-state index >= 15 is 0 Å². The quantitative estimate of drug-likeness (QED) is 0.144. The number of hydrogen-bond donors (Lipinski definition) is 0. The Morgan fingerprint density at radius 3 is 1.84 bits per heavy atom. The first-order valence-corrected chi connectivity index (χ1v) is 14.0. The Kier molecular flexibility index (Phi) is 7.27. The smallest absolute Gasteiger partial charge is 0.333 e. The van der Waals surface area contributed by atoms with Gasteiger partial charge in [-0.05, 0) is 28.8 Å². The van der Waals surface area contributed by atoms with Crippen LogP contribution in [0.3, 0.4) is 0 Å². The highest BCUT2D eigenvalue weighted by molar-refractivity contribution is 5.99. The zero-order valence-electron chi connectivity index (χ0n) is 23.7. The van der Waals surface area contributed by atoms with Gasteiger partial charge in [-0.1, -0.05) is 97.1 Å². The highest BCUT2D eigenvalue weighted by atomic mass is 16.6. The van der Waals surface area contributed by atoms with E-state index in [-0.39, 0.29) is 5.69 Å². The Hall–Kier alpha value is -5.24. The second-order valence-corrected chi connectivity index (χ2v) is 10.7.